The molecule has 1 aliphatic rings. The fraction of sp³-hybridized carbons (Fsp3) is 0.500. The summed E-state index contributed by atoms with van der Waals surface area (Å²) in [5.74, 6) is 1.37. The lowest BCUT2D eigenvalue weighted by atomic mass is 10.2. The number of hydrogen-bond acceptors (Lipinski definition) is 3. The molecule has 0 saturated heterocycles. The molecule has 0 spiro atoms. The van der Waals surface area contributed by atoms with Gasteiger partial charge < -0.3 is 10.3 Å². The van der Waals surface area contributed by atoms with Gasteiger partial charge in [0.25, 0.3) is 0 Å². The maximum absolute atomic E-state index is 6.00. The molecule has 2 heterocycles. The third-order valence-electron chi connectivity index (χ3n) is 3.45. The number of aromatic nitrogens is 3. The lowest BCUT2D eigenvalue weighted by Gasteiger charge is -2.05. The quantitative estimate of drug-likeness (QED) is 0.795. The lowest BCUT2D eigenvalue weighted by Crippen LogP contribution is -2.01. The Labute approximate surface area is 94.5 Å². The van der Waals surface area contributed by atoms with Gasteiger partial charge in [0.15, 0.2) is 0 Å². The van der Waals surface area contributed by atoms with E-state index >= 15 is 0 Å². The monoisotopic (exact) mass is 216 g/mol. The molecule has 2 aromatic heterocycles. The molecule has 0 aliphatic heterocycles. The van der Waals surface area contributed by atoms with Gasteiger partial charge in [-0.05, 0) is 39.2 Å². The van der Waals surface area contributed by atoms with Crippen molar-refractivity contribution in [1.29, 1.82) is 0 Å². The van der Waals surface area contributed by atoms with Crippen LogP contribution in [0.5, 0.6) is 0 Å². The Morgan fingerprint density at radius 1 is 1.19 bits per heavy atom. The molecule has 3 rings (SSSR count). The Bertz CT molecular complexity index is 578. The average molecular weight is 216 g/mol. The van der Waals surface area contributed by atoms with Crippen molar-refractivity contribution < 1.29 is 0 Å². The Hall–Kier alpha value is -1.58. The van der Waals surface area contributed by atoms with E-state index in [9.17, 15) is 0 Å². The first-order chi connectivity index (χ1) is 7.59. The summed E-state index contributed by atoms with van der Waals surface area (Å²) in [7, 11) is 0. The van der Waals surface area contributed by atoms with E-state index in [1.165, 1.54) is 24.1 Å². The highest BCUT2D eigenvalue weighted by atomic mass is 15.1. The summed E-state index contributed by atoms with van der Waals surface area (Å²) >= 11 is 0. The molecule has 2 N–H and O–H groups in total. The van der Waals surface area contributed by atoms with Gasteiger partial charge in [0.2, 0.25) is 0 Å². The summed E-state index contributed by atoms with van der Waals surface area (Å²) in [6, 6.07) is 0.630. The van der Waals surface area contributed by atoms with Crippen molar-refractivity contribution in [3.63, 3.8) is 0 Å². The van der Waals surface area contributed by atoms with Crippen LogP contribution in [0.2, 0.25) is 0 Å². The summed E-state index contributed by atoms with van der Waals surface area (Å²) in [4.78, 5) is 8.80. The Morgan fingerprint density at radius 3 is 2.50 bits per heavy atom. The molecule has 1 aliphatic carbocycles. The molecular weight excluding hydrogens is 200 g/mol. The van der Waals surface area contributed by atoms with Crippen LogP contribution in [0.3, 0.4) is 0 Å². The number of nitrogen functional groups attached to an aromatic ring is 1. The molecule has 1 fully saturated rings. The predicted octanol–water partition coefficient (Wildman–Crippen LogP) is 2.27. The molecule has 84 valence electrons. The van der Waals surface area contributed by atoms with Gasteiger partial charge in [-0.1, -0.05) is 0 Å². The van der Waals surface area contributed by atoms with Crippen LogP contribution in [0.15, 0.2) is 0 Å². The maximum atomic E-state index is 6.00. The van der Waals surface area contributed by atoms with Crippen molar-refractivity contribution in [1.82, 2.24) is 14.5 Å². The first-order valence-electron chi connectivity index (χ1n) is 5.71. The molecule has 2 aromatic rings. The molecule has 16 heavy (non-hydrogen) atoms. The van der Waals surface area contributed by atoms with E-state index in [1.807, 2.05) is 6.92 Å². The van der Waals surface area contributed by atoms with E-state index in [2.05, 4.69) is 28.4 Å². The summed E-state index contributed by atoms with van der Waals surface area (Å²) in [6.45, 7) is 6.14. The fourth-order valence-corrected chi connectivity index (χ4v) is 2.41. The Morgan fingerprint density at radius 2 is 1.88 bits per heavy atom. The molecule has 0 unspecified atom stereocenters. The molecule has 4 heteroatoms. The van der Waals surface area contributed by atoms with Crippen LogP contribution in [0.4, 0.5) is 5.82 Å². The van der Waals surface area contributed by atoms with E-state index in [0.29, 0.717) is 11.9 Å². The summed E-state index contributed by atoms with van der Waals surface area (Å²) in [6.07, 6.45) is 2.51. The highest BCUT2D eigenvalue weighted by molar-refractivity contribution is 5.91. The molecule has 1 saturated carbocycles. The Balaban J connectivity index is 2.44. The van der Waals surface area contributed by atoms with Gasteiger partial charge in [0.05, 0.1) is 5.39 Å². The number of aryl methyl sites for hydroxylation is 2. The van der Waals surface area contributed by atoms with Gasteiger partial charge in [-0.25, -0.2) is 9.97 Å². The third kappa shape index (κ3) is 1.16. The van der Waals surface area contributed by atoms with Crippen molar-refractivity contribution >= 4 is 16.9 Å². The van der Waals surface area contributed by atoms with E-state index < -0.39 is 0 Å². The second kappa shape index (κ2) is 2.97. The minimum atomic E-state index is 0.613. The van der Waals surface area contributed by atoms with Crippen LogP contribution < -0.4 is 5.73 Å². The van der Waals surface area contributed by atoms with Crippen LogP contribution in [0, 0.1) is 20.8 Å². The zero-order valence-electron chi connectivity index (χ0n) is 9.91. The molecule has 0 amide bonds. The van der Waals surface area contributed by atoms with Gasteiger partial charge in [0, 0.05) is 11.7 Å². The van der Waals surface area contributed by atoms with Crippen molar-refractivity contribution in [2.75, 3.05) is 5.73 Å². The summed E-state index contributed by atoms with van der Waals surface area (Å²) < 4.78 is 2.33. The van der Waals surface area contributed by atoms with Gasteiger partial charge in [-0.15, -0.1) is 0 Å². The van der Waals surface area contributed by atoms with Gasteiger partial charge in [-0.3, -0.25) is 0 Å². The smallest absolute Gasteiger partial charge is 0.146 e. The number of rotatable bonds is 1. The Kier molecular flexibility index (Phi) is 1.79. The number of hydrogen-bond donors (Lipinski definition) is 1. The van der Waals surface area contributed by atoms with Crippen LogP contribution >= 0.6 is 0 Å². The fourth-order valence-electron chi connectivity index (χ4n) is 2.41. The van der Waals surface area contributed by atoms with Crippen LogP contribution in [0.25, 0.3) is 11.0 Å². The van der Waals surface area contributed by atoms with Crippen LogP contribution in [0.1, 0.15) is 36.0 Å². The predicted molar refractivity (Wildman–Crippen MR) is 64.4 cm³/mol. The second-order valence-electron chi connectivity index (χ2n) is 4.67. The molecular formula is C12H16N4. The van der Waals surface area contributed by atoms with Crippen LogP contribution in [-0.4, -0.2) is 14.5 Å². The second-order valence-corrected chi connectivity index (χ2v) is 4.67. The molecule has 0 bridgehead atoms. The molecule has 4 nitrogen and oxygen atoms in total. The van der Waals surface area contributed by atoms with Gasteiger partial charge >= 0.3 is 0 Å². The average Bonchev–Trinajstić information content (AvgIpc) is 2.97. The minimum absolute atomic E-state index is 0.613. The third-order valence-corrected chi connectivity index (χ3v) is 3.45. The summed E-state index contributed by atoms with van der Waals surface area (Å²) in [5.41, 5.74) is 9.52. The zero-order chi connectivity index (χ0) is 11.4. The first-order valence-corrected chi connectivity index (χ1v) is 5.71. The van der Waals surface area contributed by atoms with Gasteiger partial charge in [-0.2, -0.15) is 0 Å². The number of fused-ring (bicyclic) bond motifs is 1. The van der Waals surface area contributed by atoms with E-state index in [-0.39, 0.29) is 0 Å². The lowest BCUT2D eigenvalue weighted by molar-refractivity contribution is 0.735. The first kappa shape index (κ1) is 9.63. The molecule has 0 radical (unpaired) electrons. The van der Waals surface area contributed by atoms with Crippen molar-refractivity contribution in [2.45, 2.75) is 39.7 Å². The van der Waals surface area contributed by atoms with E-state index in [0.717, 1.165) is 16.9 Å². The van der Waals surface area contributed by atoms with Crippen LogP contribution in [-0.2, 0) is 0 Å². The SMILES string of the molecule is Cc1nc(N)c2c(C)c(C)n(C3CC3)c2n1. The van der Waals surface area contributed by atoms with Crippen molar-refractivity contribution in [2.24, 2.45) is 0 Å². The number of nitrogens with zero attached hydrogens (tertiary/aromatic N) is 3. The summed E-state index contributed by atoms with van der Waals surface area (Å²) in [5, 5.41) is 1.04. The van der Waals surface area contributed by atoms with Crippen molar-refractivity contribution in [3.8, 4) is 0 Å². The zero-order valence-corrected chi connectivity index (χ0v) is 9.91. The largest absolute Gasteiger partial charge is 0.383 e. The maximum Gasteiger partial charge on any atom is 0.146 e. The normalized spacial score (nSPS) is 15.9. The van der Waals surface area contributed by atoms with Gasteiger partial charge in [0.1, 0.15) is 17.3 Å². The number of nitrogens with two attached hydrogens (primary N) is 1. The topological polar surface area (TPSA) is 56.7 Å². The van der Waals surface area contributed by atoms with E-state index in [4.69, 9.17) is 5.73 Å². The van der Waals surface area contributed by atoms with Crippen molar-refractivity contribution in [3.05, 3.63) is 17.1 Å². The highest BCUT2D eigenvalue weighted by Crippen LogP contribution is 2.41. The molecule has 0 atom stereocenters. The minimum Gasteiger partial charge on any atom is -0.383 e. The molecule has 0 aromatic carbocycles. The highest BCUT2D eigenvalue weighted by Gasteiger charge is 2.29. The number of anilines is 1. The standard InChI is InChI=1S/C12H16N4/c1-6-7(2)16(9-4-5-9)12-10(6)11(13)14-8(3)15-12/h9H,4-5H2,1-3H3,(H2,13,14,15). The van der Waals surface area contributed by atoms with E-state index in [1.54, 1.807) is 0 Å².